The van der Waals surface area contributed by atoms with Crippen LogP contribution < -0.4 is 10.6 Å². The normalized spacial score (nSPS) is 10.4. The van der Waals surface area contributed by atoms with Gasteiger partial charge in [0.2, 0.25) is 5.91 Å². The minimum Gasteiger partial charge on any atom is -0.351 e. The summed E-state index contributed by atoms with van der Waals surface area (Å²) in [6.07, 6.45) is 0. The molecule has 0 aliphatic carbocycles. The Bertz CT molecular complexity index is 1020. The zero-order valence-corrected chi connectivity index (χ0v) is 16.8. The Balaban J connectivity index is 1.52. The maximum absolute atomic E-state index is 13.3. The number of hydrogen-bond donors (Lipinski definition) is 2. The molecule has 29 heavy (non-hydrogen) atoms. The van der Waals surface area contributed by atoms with Gasteiger partial charge in [0.15, 0.2) is 0 Å². The number of nitrogens with one attached hydrogen (secondary N) is 2. The molecule has 0 unspecified atom stereocenters. The van der Waals surface area contributed by atoms with Crippen molar-refractivity contribution in [2.75, 3.05) is 11.1 Å². The number of aryl methyl sites for hydroxylation is 1. The summed E-state index contributed by atoms with van der Waals surface area (Å²) >= 11 is 1.50. The molecule has 0 saturated heterocycles. The van der Waals surface area contributed by atoms with E-state index in [1.54, 1.807) is 24.3 Å². The molecule has 0 atom stereocenters. The summed E-state index contributed by atoms with van der Waals surface area (Å²) in [6, 6.07) is 20.7. The number of halogens is 1. The molecule has 2 N–H and O–H groups in total. The summed E-state index contributed by atoms with van der Waals surface area (Å²) in [5.74, 6) is -0.577. The molecule has 4 nitrogen and oxygen atoms in total. The van der Waals surface area contributed by atoms with Crippen LogP contribution in [0.1, 0.15) is 21.5 Å². The summed E-state index contributed by atoms with van der Waals surface area (Å²) in [5, 5.41) is 5.63. The van der Waals surface area contributed by atoms with Crippen LogP contribution in [0.15, 0.2) is 77.7 Å². The fourth-order valence-electron chi connectivity index (χ4n) is 2.71. The Morgan fingerprint density at radius 1 is 0.966 bits per heavy atom. The molecule has 0 fully saturated rings. The standard InChI is InChI=1S/C23H21FN2O2S/c1-16-6-2-3-11-21(16)29-15-22(27)25-14-17-7-4-10-20(12-17)26-23(28)18-8-5-9-19(24)13-18/h2-13H,14-15H2,1H3,(H,25,27)(H,26,28). The van der Waals surface area contributed by atoms with Gasteiger partial charge in [-0.05, 0) is 54.4 Å². The van der Waals surface area contributed by atoms with Gasteiger partial charge in [-0.15, -0.1) is 11.8 Å². The van der Waals surface area contributed by atoms with Crippen LogP contribution in [0.3, 0.4) is 0 Å². The van der Waals surface area contributed by atoms with Crippen molar-refractivity contribution in [3.8, 4) is 0 Å². The zero-order valence-electron chi connectivity index (χ0n) is 15.9. The molecule has 0 radical (unpaired) electrons. The Labute approximate surface area is 173 Å². The SMILES string of the molecule is Cc1ccccc1SCC(=O)NCc1cccc(NC(=O)c2cccc(F)c2)c1. The lowest BCUT2D eigenvalue weighted by Crippen LogP contribution is -2.24. The van der Waals surface area contributed by atoms with Crippen LogP contribution in [0.2, 0.25) is 0 Å². The first kappa shape index (κ1) is 20.6. The number of carbonyl (C=O) groups excluding carboxylic acids is 2. The molecule has 3 aromatic carbocycles. The van der Waals surface area contributed by atoms with Crippen molar-refractivity contribution in [3.05, 3.63) is 95.3 Å². The molecule has 148 valence electrons. The molecule has 0 spiro atoms. The third kappa shape index (κ3) is 6.19. The first-order valence-corrected chi connectivity index (χ1v) is 10.1. The van der Waals surface area contributed by atoms with Gasteiger partial charge in [-0.1, -0.05) is 36.4 Å². The van der Waals surface area contributed by atoms with E-state index in [0.717, 1.165) is 16.0 Å². The minimum absolute atomic E-state index is 0.0625. The molecule has 3 aromatic rings. The molecular formula is C23H21FN2O2S. The van der Waals surface area contributed by atoms with Crippen LogP contribution in [-0.2, 0) is 11.3 Å². The first-order valence-electron chi connectivity index (χ1n) is 9.12. The number of benzene rings is 3. The lowest BCUT2D eigenvalue weighted by molar-refractivity contribution is -0.118. The van der Waals surface area contributed by atoms with Gasteiger partial charge in [-0.25, -0.2) is 4.39 Å². The molecular weight excluding hydrogens is 387 g/mol. The Hall–Kier alpha value is -3.12. The number of hydrogen-bond acceptors (Lipinski definition) is 3. The van der Waals surface area contributed by atoms with E-state index in [0.29, 0.717) is 18.0 Å². The number of carbonyl (C=O) groups is 2. The average Bonchev–Trinajstić information content (AvgIpc) is 2.72. The molecule has 2 amide bonds. The van der Waals surface area contributed by atoms with Crippen molar-refractivity contribution in [2.45, 2.75) is 18.4 Å². The van der Waals surface area contributed by atoms with Crippen molar-refractivity contribution >= 4 is 29.3 Å². The van der Waals surface area contributed by atoms with Crippen LogP contribution in [0, 0.1) is 12.7 Å². The monoisotopic (exact) mass is 408 g/mol. The number of rotatable bonds is 7. The lowest BCUT2D eigenvalue weighted by Gasteiger charge is -2.09. The van der Waals surface area contributed by atoms with Gasteiger partial charge < -0.3 is 10.6 Å². The Kier molecular flexibility index (Phi) is 7.03. The van der Waals surface area contributed by atoms with Crippen LogP contribution in [0.25, 0.3) is 0 Å². The summed E-state index contributed by atoms with van der Waals surface area (Å²) in [6.45, 7) is 2.38. The molecule has 0 aromatic heterocycles. The minimum atomic E-state index is -0.460. The smallest absolute Gasteiger partial charge is 0.255 e. The summed E-state index contributed by atoms with van der Waals surface area (Å²) in [7, 11) is 0. The maximum atomic E-state index is 13.3. The number of anilines is 1. The van der Waals surface area contributed by atoms with E-state index >= 15 is 0 Å². The second kappa shape index (κ2) is 9.89. The summed E-state index contributed by atoms with van der Waals surface area (Å²) < 4.78 is 13.3. The lowest BCUT2D eigenvalue weighted by atomic mass is 10.1. The fraction of sp³-hybridized carbons (Fsp3) is 0.130. The molecule has 0 aliphatic rings. The number of amides is 2. The first-order chi connectivity index (χ1) is 14.0. The molecule has 0 aliphatic heterocycles. The highest BCUT2D eigenvalue weighted by atomic mass is 32.2. The molecule has 3 rings (SSSR count). The van der Waals surface area contributed by atoms with Gasteiger partial charge in [-0.3, -0.25) is 9.59 Å². The van der Waals surface area contributed by atoms with Gasteiger partial charge in [0.25, 0.3) is 5.91 Å². The van der Waals surface area contributed by atoms with Crippen molar-refractivity contribution < 1.29 is 14.0 Å². The van der Waals surface area contributed by atoms with Gasteiger partial charge in [0, 0.05) is 22.7 Å². The molecule has 0 bridgehead atoms. The van der Waals surface area contributed by atoms with E-state index in [1.807, 2.05) is 37.3 Å². The Morgan fingerprint density at radius 3 is 2.55 bits per heavy atom. The highest BCUT2D eigenvalue weighted by molar-refractivity contribution is 8.00. The van der Waals surface area contributed by atoms with E-state index in [2.05, 4.69) is 10.6 Å². The topological polar surface area (TPSA) is 58.2 Å². The van der Waals surface area contributed by atoms with Crippen LogP contribution in [0.4, 0.5) is 10.1 Å². The van der Waals surface area contributed by atoms with E-state index in [9.17, 15) is 14.0 Å². The van der Waals surface area contributed by atoms with Crippen molar-refractivity contribution in [1.29, 1.82) is 0 Å². The quantitative estimate of drug-likeness (QED) is 0.553. The summed E-state index contributed by atoms with van der Waals surface area (Å²) in [5.41, 5.74) is 2.83. The van der Waals surface area contributed by atoms with E-state index in [1.165, 1.54) is 30.0 Å². The molecule has 0 heterocycles. The van der Waals surface area contributed by atoms with Crippen LogP contribution in [-0.4, -0.2) is 17.6 Å². The van der Waals surface area contributed by atoms with Gasteiger partial charge >= 0.3 is 0 Å². The van der Waals surface area contributed by atoms with Crippen LogP contribution in [0.5, 0.6) is 0 Å². The van der Waals surface area contributed by atoms with Crippen molar-refractivity contribution in [1.82, 2.24) is 5.32 Å². The third-order valence-electron chi connectivity index (χ3n) is 4.21. The van der Waals surface area contributed by atoms with E-state index < -0.39 is 5.82 Å². The van der Waals surface area contributed by atoms with Crippen molar-refractivity contribution in [3.63, 3.8) is 0 Å². The second-order valence-corrected chi connectivity index (χ2v) is 7.51. The van der Waals surface area contributed by atoms with Crippen LogP contribution >= 0.6 is 11.8 Å². The van der Waals surface area contributed by atoms with Crippen molar-refractivity contribution in [2.24, 2.45) is 0 Å². The van der Waals surface area contributed by atoms with E-state index in [-0.39, 0.29) is 17.4 Å². The Morgan fingerprint density at radius 2 is 1.76 bits per heavy atom. The molecule has 0 saturated carbocycles. The van der Waals surface area contributed by atoms with E-state index in [4.69, 9.17) is 0 Å². The zero-order chi connectivity index (χ0) is 20.6. The summed E-state index contributed by atoms with van der Waals surface area (Å²) in [4.78, 5) is 25.5. The maximum Gasteiger partial charge on any atom is 0.255 e. The highest BCUT2D eigenvalue weighted by Gasteiger charge is 2.08. The molecule has 6 heteroatoms. The highest BCUT2D eigenvalue weighted by Crippen LogP contribution is 2.21. The average molecular weight is 408 g/mol. The fourth-order valence-corrected chi connectivity index (χ4v) is 3.56. The van der Waals surface area contributed by atoms with Gasteiger partial charge in [0.05, 0.1) is 5.75 Å². The number of thioether (sulfide) groups is 1. The van der Waals surface area contributed by atoms with Gasteiger partial charge in [-0.2, -0.15) is 0 Å². The van der Waals surface area contributed by atoms with Gasteiger partial charge in [0.1, 0.15) is 5.82 Å². The second-order valence-electron chi connectivity index (χ2n) is 6.50. The third-order valence-corrected chi connectivity index (χ3v) is 5.39. The predicted molar refractivity (Wildman–Crippen MR) is 115 cm³/mol. The largest absolute Gasteiger partial charge is 0.351 e. The predicted octanol–water partition coefficient (Wildman–Crippen LogP) is 4.79.